The normalized spacial score (nSPS) is 14.3. The summed E-state index contributed by atoms with van der Waals surface area (Å²) >= 11 is 5.99. The molecule has 0 aromatic heterocycles. The summed E-state index contributed by atoms with van der Waals surface area (Å²) in [6.07, 6.45) is 0. The zero-order chi connectivity index (χ0) is 13.2. The highest BCUT2D eigenvalue weighted by atomic mass is 35.5. The maximum Gasteiger partial charge on any atom is 0.140 e. The van der Waals surface area contributed by atoms with Crippen LogP contribution in [-0.2, 0) is 0 Å². The van der Waals surface area contributed by atoms with Crippen molar-refractivity contribution in [2.75, 3.05) is 19.0 Å². The fraction of sp³-hybridized carbons (Fsp3) is 0.294. The van der Waals surface area contributed by atoms with Crippen LogP contribution in [0, 0.1) is 0 Å². The molecule has 3 heteroatoms. The Balaban J connectivity index is 0.00000147. The van der Waals surface area contributed by atoms with Crippen molar-refractivity contribution < 1.29 is 17.3 Å². The van der Waals surface area contributed by atoms with Crippen LogP contribution in [0.4, 0.5) is 0 Å². The number of benzene rings is 2. The third-order valence-corrected chi connectivity index (χ3v) is 4.30. The Morgan fingerprint density at radius 2 is 1.45 bits per heavy atom. The molecule has 0 saturated carbocycles. The Bertz CT molecular complexity index is 537. The van der Waals surface area contributed by atoms with Crippen molar-refractivity contribution in [1.29, 1.82) is 0 Å². The molecule has 1 N–H and O–H groups in total. The molecule has 106 valence electrons. The first-order chi connectivity index (χ1) is 9.36. The molecule has 0 heterocycles. The number of hydrogen-bond donors (Lipinski definition) is 1. The Kier molecular flexibility index (Phi) is 5.09. The van der Waals surface area contributed by atoms with Gasteiger partial charge in [0.15, 0.2) is 0 Å². The smallest absolute Gasteiger partial charge is 0.140 e. The van der Waals surface area contributed by atoms with Gasteiger partial charge in [-0.05, 0) is 18.1 Å². The molecule has 1 unspecified atom stereocenters. The number of halogens is 2. The number of alkyl halides is 1. The molecule has 0 spiro atoms. The monoisotopic (exact) mass is 307 g/mol. The van der Waals surface area contributed by atoms with Crippen molar-refractivity contribution in [3.05, 3.63) is 59.7 Å². The largest absolute Gasteiger partial charge is 1.00 e. The van der Waals surface area contributed by atoms with Gasteiger partial charge in [0.05, 0.1) is 19.0 Å². The van der Waals surface area contributed by atoms with Crippen LogP contribution in [0.1, 0.15) is 24.1 Å². The van der Waals surface area contributed by atoms with Crippen molar-refractivity contribution in [3.63, 3.8) is 0 Å². The van der Waals surface area contributed by atoms with Gasteiger partial charge in [-0.15, -0.1) is 11.6 Å². The molecule has 0 aliphatic heterocycles. The maximum atomic E-state index is 5.99. The molecule has 2 aromatic rings. The van der Waals surface area contributed by atoms with E-state index in [9.17, 15) is 0 Å². The summed E-state index contributed by atoms with van der Waals surface area (Å²) in [5.41, 5.74) is 5.68. The molecule has 0 amide bonds. The molecule has 1 aliphatic rings. The van der Waals surface area contributed by atoms with Gasteiger partial charge in [-0.1, -0.05) is 48.5 Å². The second-order valence-corrected chi connectivity index (χ2v) is 5.44. The molecule has 1 atom stereocenters. The van der Waals surface area contributed by atoms with E-state index in [4.69, 9.17) is 11.6 Å². The topological polar surface area (TPSA) is 4.44 Å². The van der Waals surface area contributed by atoms with Gasteiger partial charge in [-0.2, -0.15) is 0 Å². The molecule has 0 bridgehead atoms. The van der Waals surface area contributed by atoms with Crippen LogP contribution in [0.3, 0.4) is 0 Å². The number of quaternary nitrogens is 1. The van der Waals surface area contributed by atoms with Gasteiger partial charge < -0.3 is 17.3 Å². The van der Waals surface area contributed by atoms with Gasteiger partial charge >= 0.3 is 0 Å². The van der Waals surface area contributed by atoms with Crippen LogP contribution >= 0.6 is 11.6 Å². The van der Waals surface area contributed by atoms with Gasteiger partial charge in [-0.25, -0.2) is 0 Å². The first-order valence-corrected chi connectivity index (χ1v) is 7.49. The molecule has 1 nitrogen and oxygen atoms in total. The van der Waals surface area contributed by atoms with Gasteiger partial charge in [0.25, 0.3) is 0 Å². The average molecular weight is 308 g/mol. The summed E-state index contributed by atoms with van der Waals surface area (Å²) in [6.45, 7) is 4.34. The minimum Gasteiger partial charge on any atom is -1.00 e. The third-order valence-electron chi connectivity index (χ3n) is 4.11. The SMILES string of the molecule is CC[NH+](CCCl)C1c2ccccc2-c2ccccc21.[Cl-]. The second kappa shape index (κ2) is 6.62. The standard InChI is InChI=1S/C17H18ClN.ClH/c1-2-19(12-11-18)17-15-9-5-3-7-13(15)14-8-4-6-10-16(14)17;/h3-10,17H,2,11-12H2,1H3;1H. The lowest BCUT2D eigenvalue weighted by atomic mass is 10.0. The van der Waals surface area contributed by atoms with Crippen molar-refractivity contribution in [1.82, 2.24) is 0 Å². The summed E-state index contributed by atoms with van der Waals surface area (Å²) in [6, 6.07) is 18.0. The molecule has 0 fully saturated rings. The van der Waals surface area contributed by atoms with E-state index in [2.05, 4.69) is 55.5 Å². The summed E-state index contributed by atoms with van der Waals surface area (Å²) in [4.78, 5) is 1.55. The second-order valence-electron chi connectivity index (χ2n) is 5.06. The molecule has 1 aliphatic carbocycles. The van der Waals surface area contributed by atoms with Crippen LogP contribution in [0.25, 0.3) is 11.1 Å². The highest BCUT2D eigenvalue weighted by Gasteiger charge is 2.34. The number of rotatable bonds is 4. The first-order valence-electron chi connectivity index (χ1n) is 6.95. The van der Waals surface area contributed by atoms with Crippen LogP contribution in [0.15, 0.2) is 48.5 Å². The van der Waals surface area contributed by atoms with Gasteiger partial charge in [-0.3, -0.25) is 0 Å². The van der Waals surface area contributed by atoms with E-state index >= 15 is 0 Å². The molecule has 20 heavy (non-hydrogen) atoms. The van der Waals surface area contributed by atoms with Gasteiger partial charge in [0.2, 0.25) is 0 Å². The highest BCUT2D eigenvalue weighted by Crippen LogP contribution is 2.41. The van der Waals surface area contributed by atoms with E-state index in [0.717, 1.165) is 13.1 Å². The number of nitrogens with one attached hydrogen (secondary N) is 1. The number of hydrogen-bond acceptors (Lipinski definition) is 0. The molecule has 3 rings (SSSR count). The third kappa shape index (κ3) is 2.46. The lowest BCUT2D eigenvalue weighted by Gasteiger charge is -2.25. The van der Waals surface area contributed by atoms with E-state index in [-0.39, 0.29) is 12.4 Å². The zero-order valence-electron chi connectivity index (χ0n) is 11.6. The summed E-state index contributed by atoms with van der Waals surface area (Å²) < 4.78 is 0. The Morgan fingerprint density at radius 3 is 1.90 bits per heavy atom. The predicted octanol–water partition coefficient (Wildman–Crippen LogP) is -0.0960. The minimum atomic E-state index is 0. The summed E-state index contributed by atoms with van der Waals surface area (Å²) in [7, 11) is 0. The summed E-state index contributed by atoms with van der Waals surface area (Å²) in [5, 5.41) is 0. The Hall–Kier alpha value is -1.02. The molecule has 0 saturated heterocycles. The zero-order valence-corrected chi connectivity index (χ0v) is 13.1. The van der Waals surface area contributed by atoms with Crippen LogP contribution in [0.5, 0.6) is 0 Å². The molecule has 2 aromatic carbocycles. The Labute approximate surface area is 132 Å². The van der Waals surface area contributed by atoms with Crippen LogP contribution in [-0.4, -0.2) is 19.0 Å². The van der Waals surface area contributed by atoms with E-state index in [1.54, 1.807) is 4.90 Å². The lowest BCUT2D eigenvalue weighted by molar-refractivity contribution is -0.921. The first kappa shape index (κ1) is 15.4. The fourth-order valence-electron chi connectivity index (χ4n) is 3.24. The number of fused-ring (bicyclic) bond motifs is 3. The molecular weight excluding hydrogens is 289 g/mol. The summed E-state index contributed by atoms with van der Waals surface area (Å²) in [5.74, 6) is 0.712. The lowest BCUT2D eigenvalue weighted by Crippen LogP contribution is -3.12. The van der Waals surface area contributed by atoms with Gasteiger partial charge in [0, 0.05) is 11.1 Å². The van der Waals surface area contributed by atoms with Crippen molar-refractivity contribution >= 4 is 11.6 Å². The molecular formula is C17H19Cl2N. The van der Waals surface area contributed by atoms with Crippen molar-refractivity contribution in [2.45, 2.75) is 13.0 Å². The van der Waals surface area contributed by atoms with E-state index in [0.29, 0.717) is 11.9 Å². The van der Waals surface area contributed by atoms with E-state index < -0.39 is 0 Å². The van der Waals surface area contributed by atoms with E-state index in [1.165, 1.54) is 22.3 Å². The maximum absolute atomic E-state index is 5.99. The highest BCUT2D eigenvalue weighted by molar-refractivity contribution is 6.17. The predicted molar refractivity (Wildman–Crippen MR) is 80.8 cm³/mol. The van der Waals surface area contributed by atoms with Crippen molar-refractivity contribution in [2.24, 2.45) is 0 Å². The van der Waals surface area contributed by atoms with Gasteiger partial charge in [0.1, 0.15) is 6.04 Å². The quantitative estimate of drug-likeness (QED) is 0.753. The van der Waals surface area contributed by atoms with Crippen LogP contribution < -0.4 is 17.3 Å². The Morgan fingerprint density at radius 1 is 0.950 bits per heavy atom. The minimum absolute atomic E-state index is 0. The van der Waals surface area contributed by atoms with E-state index in [1.807, 2.05) is 0 Å². The molecule has 0 radical (unpaired) electrons. The van der Waals surface area contributed by atoms with Crippen LogP contribution in [0.2, 0.25) is 0 Å². The fourth-order valence-corrected chi connectivity index (χ4v) is 3.48. The average Bonchev–Trinajstić information content (AvgIpc) is 2.80. The van der Waals surface area contributed by atoms with Crippen molar-refractivity contribution in [3.8, 4) is 11.1 Å².